The molecule has 0 aliphatic carbocycles. The van der Waals surface area contributed by atoms with Crippen LogP contribution in [0, 0.1) is 5.92 Å². The summed E-state index contributed by atoms with van der Waals surface area (Å²) in [6.45, 7) is 5.36. The molecule has 0 aromatic carbocycles. The van der Waals surface area contributed by atoms with Crippen molar-refractivity contribution in [1.29, 1.82) is 0 Å². The minimum Gasteiger partial charge on any atom is -0.462 e. The largest absolute Gasteiger partial charge is 0.462 e. The Kier molecular flexibility index (Phi) is 5.98. The lowest BCUT2D eigenvalue weighted by Gasteiger charge is -2.21. The first-order valence-electron chi connectivity index (χ1n) is 6.31. The molecule has 0 saturated heterocycles. The maximum Gasteiger partial charge on any atom is 0.392 e. The van der Waals surface area contributed by atoms with Crippen molar-refractivity contribution in [2.75, 3.05) is 12.4 Å². The average molecular weight is 309 g/mol. The highest BCUT2D eigenvalue weighted by atomic mass is 32.2. The molecule has 0 amide bonds. The second kappa shape index (κ2) is 7.06. The summed E-state index contributed by atoms with van der Waals surface area (Å²) in [4.78, 5) is 11.8. The number of alkyl halides is 3. The van der Waals surface area contributed by atoms with Crippen LogP contribution in [0.4, 0.5) is 13.2 Å². The Balaban J connectivity index is 3.03. The van der Waals surface area contributed by atoms with E-state index in [0.717, 1.165) is 0 Å². The zero-order valence-electron chi connectivity index (χ0n) is 11.3. The second-order valence-electron chi connectivity index (χ2n) is 4.50. The van der Waals surface area contributed by atoms with Crippen LogP contribution < -0.4 is 5.73 Å². The minimum absolute atomic E-state index is 0.00648. The molecule has 1 heterocycles. The summed E-state index contributed by atoms with van der Waals surface area (Å²) in [5.41, 5.74) is 5.88. The Morgan fingerprint density at radius 2 is 2.20 bits per heavy atom. The standard InChI is InChI=1S/C13H18F3NO2S/c1-3-19-12(18)10-8(2)7-9(13(14,15)16)5-4-6-20-11(10)17/h9H,2-7,17H2,1H3. The number of hydrogen-bond acceptors (Lipinski definition) is 4. The van der Waals surface area contributed by atoms with Crippen LogP contribution in [0.15, 0.2) is 22.8 Å². The Hall–Kier alpha value is -1.11. The molecule has 2 N–H and O–H groups in total. The second-order valence-corrected chi connectivity index (χ2v) is 5.63. The van der Waals surface area contributed by atoms with Crippen LogP contribution in [-0.2, 0) is 9.53 Å². The van der Waals surface area contributed by atoms with Gasteiger partial charge in [-0.3, -0.25) is 0 Å². The molecule has 0 fully saturated rings. The first-order valence-corrected chi connectivity index (χ1v) is 7.30. The van der Waals surface area contributed by atoms with Crippen LogP contribution in [0.1, 0.15) is 26.2 Å². The van der Waals surface area contributed by atoms with Gasteiger partial charge >= 0.3 is 12.1 Å². The Bertz CT molecular complexity index is 418. The third-order valence-electron chi connectivity index (χ3n) is 2.99. The van der Waals surface area contributed by atoms with Crippen LogP contribution in [0.3, 0.4) is 0 Å². The minimum atomic E-state index is -4.30. The summed E-state index contributed by atoms with van der Waals surface area (Å²) in [6.07, 6.45) is -4.22. The van der Waals surface area contributed by atoms with Gasteiger partial charge in [0.25, 0.3) is 0 Å². The highest BCUT2D eigenvalue weighted by molar-refractivity contribution is 8.03. The summed E-state index contributed by atoms with van der Waals surface area (Å²) < 4.78 is 43.6. The lowest BCUT2D eigenvalue weighted by atomic mass is 9.92. The van der Waals surface area contributed by atoms with Crippen molar-refractivity contribution in [2.24, 2.45) is 11.7 Å². The van der Waals surface area contributed by atoms with Crippen molar-refractivity contribution in [3.8, 4) is 0 Å². The SMILES string of the molecule is C=C1CC(C(F)(F)F)CCCSC(N)=C1C(=O)OCC. The topological polar surface area (TPSA) is 52.3 Å². The van der Waals surface area contributed by atoms with Crippen molar-refractivity contribution < 1.29 is 22.7 Å². The fourth-order valence-electron chi connectivity index (χ4n) is 1.99. The van der Waals surface area contributed by atoms with Crippen molar-refractivity contribution in [3.05, 3.63) is 22.8 Å². The number of carbonyl (C=O) groups excluding carboxylic acids is 1. The zero-order valence-corrected chi connectivity index (χ0v) is 12.1. The number of thioether (sulfide) groups is 1. The van der Waals surface area contributed by atoms with Gasteiger partial charge in [0.1, 0.15) is 0 Å². The Labute approximate surface area is 120 Å². The predicted octanol–water partition coefficient (Wildman–Crippen LogP) is 3.37. The summed E-state index contributed by atoms with van der Waals surface area (Å²) >= 11 is 1.17. The lowest BCUT2D eigenvalue weighted by Crippen LogP contribution is -2.24. The van der Waals surface area contributed by atoms with E-state index in [2.05, 4.69) is 6.58 Å². The van der Waals surface area contributed by atoms with Crippen molar-refractivity contribution in [1.82, 2.24) is 0 Å². The van der Waals surface area contributed by atoms with Gasteiger partial charge in [-0.1, -0.05) is 6.58 Å². The predicted molar refractivity (Wildman–Crippen MR) is 72.8 cm³/mol. The van der Waals surface area contributed by atoms with E-state index in [4.69, 9.17) is 10.5 Å². The van der Waals surface area contributed by atoms with Gasteiger partial charge in [-0.2, -0.15) is 13.2 Å². The molecule has 0 spiro atoms. The normalized spacial score (nSPS) is 22.0. The van der Waals surface area contributed by atoms with Gasteiger partial charge in [0.2, 0.25) is 0 Å². The molecule has 0 aromatic rings. The lowest BCUT2D eigenvalue weighted by molar-refractivity contribution is -0.176. The Morgan fingerprint density at radius 1 is 1.55 bits per heavy atom. The van der Waals surface area contributed by atoms with Crippen LogP contribution >= 0.6 is 11.8 Å². The molecular weight excluding hydrogens is 291 g/mol. The summed E-state index contributed by atoms with van der Waals surface area (Å²) in [5.74, 6) is -1.76. The van der Waals surface area contributed by atoms with E-state index in [1.807, 2.05) is 0 Å². The molecule has 0 bridgehead atoms. The fraction of sp³-hybridized carbons (Fsp3) is 0.615. The molecule has 7 heteroatoms. The van der Waals surface area contributed by atoms with Gasteiger partial charge in [0, 0.05) is 0 Å². The van der Waals surface area contributed by atoms with Crippen LogP contribution in [-0.4, -0.2) is 24.5 Å². The van der Waals surface area contributed by atoms with Crippen LogP contribution in [0.25, 0.3) is 0 Å². The highest BCUT2D eigenvalue weighted by Crippen LogP contribution is 2.38. The molecule has 1 atom stereocenters. The quantitative estimate of drug-likeness (QED) is 0.795. The van der Waals surface area contributed by atoms with Crippen LogP contribution in [0.2, 0.25) is 0 Å². The summed E-state index contributed by atoms with van der Waals surface area (Å²) in [7, 11) is 0. The smallest absolute Gasteiger partial charge is 0.392 e. The van der Waals surface area contributed by atoms with E-state index in [1.165, 1.54) is 11.8 Å². The van der Waals surface area contributed by atoms with Crippen molar-refractivity contribution in [3.63, 3.8) is 0 Å². The van der Waals surface area contributed by atoms with Gasteiger partial charge in [-0.25, -0.2) is 4.79 Å². The molecule has 1 unspecified atom stereocenters. The van der Waals surface area contributed by atoms with E-state index in [-0.39, 0.29) is 35.6 Å². The van der Waals surface area contributed by atoms with Gasteiger partial charge < -0.3 is 10.5 Å². The molecule has 1 aliphatic rings. The average Bonchev–Trinajstić information content (AvgIpc) is 2.38. The number of halogens is 3. The maximum absolute atomic E-state index is 12.9. The molecule has 0 aromatic heterocycles. The highest BCUT2D eigenvalue weighted by Gasteiger charge is 2.40. The van der Waals surface area contributed by atoms with Gasteiger partial charge in [-0.05, 0) is 37.5 Å². The molecule has 20 heavy (non-hydrogen) atoms. The molecule has 1 aliphatic heterocycles. The van der Waals surface area contributed by atoms with E-state index >= 15 is 0 Å². The number of ether oxygens (including phenoxy) is 1. The molecular formula is C13H18F3NO2S. The summed E-state index contributed by atoms with van der Waals surface area (Å²) in [5, 5.41) is 0.191. The van der Waals surface area contributed by atoms with Crippen molar-refractivity contribution in [2.45, 2.75) is 32.4 Å². The van der Waals surface area contributed by atoms with Gasteiger partial charge in [0.05, 0.1) is 23.1 Å². The molecule has 0 radical (unpaired) electrons. The zero-order chi connectivity index (χ0) is 15.3. The molecule has 0 saturated carbocycles. The fourth-order valence-corrected chi connectivity index (χ4v) is 2.89. The number of carbonyl (C=O) groups is 1. The first-order chi connectivity index (χ1) is 9.27. The van der Waals surface area contributed by atoms with E-state index in [9.17, 15) is 18.0 Å². The van der Waals surface area contributed by atoms with E-state index < -0.39 is 18.1 Å². The number of hydrogen-bond donors (Lipinski definition) is 1. The monoisotopic (exact) mass is 309 g/mol. The number of rotatable bonds is 2. The summed E-state index contributed by atoms with van der Waals surface area (Å²) in [6, 6.07) is 0. The number of nitrogens with two attached hydrogens (primary N) is 1. The maximum atomic E-state index is 12.9. The number of esters is 1. The molecule has 3 nitrogen and oxygen atoms in total. The Morgan fingerprint density at radius 3 is 2.75 bits per heavy atom. The van der Waals surface area contributed by atoms with Crippen LogP contribution in [0.5, 0.6) is 0 Å². The van der Waals surface area contributed by atoms with E-state index in [0.29, 0.717) is 12.2 Å². The van der Waals surface area contributed by atoms with Gasteiger partial charge in [-0.15, -0.1) is 11.8 Å². The third-order valence-corrected chi connectivity index (χ3v) is 4.00. The molecule has 114 valence electrons. The van der Waals surface area contributed by atoms with E-state index in [1.54, 1.807) is 6.92 Å². The molecule has 1 rings (SSSR count). The third kappa shape index (κ3) is 4.47. The van der Waals surface area contributed by atoms with Crippen molar-refractivity contribution >= 4 is 17.7 Å². The van der Waals surface area contributed by atoms with Gasteiger partial charge in [0.15, 0.2) is 0 Å². The first kappa shape index (κ1) is 16.9.